The standard InChI is InChI=1S/C14H15ClN2O4S/c1-16-12(7-13(18)17(2)14(16)19)9-22(20,21)8-10-3-5-11(15)6-4-10/h3-7H,8-9H2,1-2H3. The minimum absolute atomic E-state index is 0.169. The highest BCUT2D eigenvalue weighted by atomic mass is 35.5. The first-order valence-electron chi connectivity index (χ1n) is 6.40. The first kappa shape index (κ1) is 16.5. The molecule has 1 aromatic carbocycles. The SMILES string of the molecule is Cn1c(CS(=O)(=O)Cc2ccc(Cl)cc2)cc(=O)n(C)c1=O. The molecule has 0 saturated heterocycles. The molecule has 0 N–H and O–H groups in total. The molecule has 2 aromatic rings. The van der Waals surface area contributed by atoms with Crippen molar-refractivity contribution in [2.45, 2.75) is 11.5 Å². The lowest BCUT2D eigenvalue weighted by Gasteiger charge is -2.10. The quantitative estimate of drug-likeness (QED) is 0.825. The maximum absolute atomic E-state index is 12.3. The Morgan fingerprint density at radius 3 is 2.18 bits per heavy atom. The van der Waals surface area contributed by atoms with Gasteiger partial charge in [0.1, 0.15) is 0 Å². The largest absolute Gasteiger partial charge is 0.330 e. The molecule has 0 unspecified atom stereocenters. The second kappa shape index (κ2) is 6.10. The molecular weight excluding hydrogens is 328 g/mol. The Labute approximate surface area is 132 Å². The number of hydrogen-bond acceptors (Lipinski definition) is 4. The maximum Gasteiger partial charge on any atom is 0.330 e. The Hall–Kier alpha value is -1.86. The molecule has 0 aliphatic carbocycles. The second-order valence-electron chi connectivity index (χ2n) is 5.03. The monoisotopic (exact) mass is 342 g/mol. The number of benzene rings is 1. The molecule has 118 valence electrons. The topological polar surface area (TPSA) is 78.1 Å². The van der Waals surface area contributed by atoms with Crippen LogP contribution in [-0.2, 0) is 35.4 Å². The third-order valence-electron chi connectivity index (χ3n) is 3.29. The van der Waals surface area contributed by atoms with E-state index >= 15 is 0 Å². The number of sulfone groups is 1. The van der Waals surface area contributed by atoms with Crippen LogP contribution in [0, 0.1) is 0 Å². The number of rotatable bonds is 4. The van der Waals surface area contributed by atoms with Gasteiger partial charge in [-0.05, 0) is 17.7 Å². The fourth-order valence-electron chi connectivity index (χ4n) is 2.03. The van der Waals surface area contributed by atoms with Gasteiger partial charge in [0.2, 0.25) is 0 Å². The van der Waals surface area contributed by atoms with Crippen LogP contribution in [0.1, 0.15) is 11.3 Å². The Bertz CT molecular complexity index is 911. The van der Waals surface area contributed by atoms with Crippen molar-refractivity contribution in [1.82, 2.24) is 9.13 Å². The highest BCUT2D eigenvalue weighted by Gasteiger charge is 2.17. The van der Waals surface area contributed by atoms with Crippen molar-refractivity contribution in [3.63, 3.8) is 0 Å². The molecule has 8 heteroatoms. The van der Waals surface area contributed by atoms with Crippen LogP contribution in [0.3, 0.4) is 0 Å². The Kier molecular flexibility index (Phi) is 4.58. The first-order chi connectivity index (χ1) is 10.2. The predicted molar refractivity (Wildman–Crippen MR) is 84.7 cm³/mol. The molecule has 0 bridgehead atoms. The fourth-order valence-corrected chi connectivity index (χ4v) is 3.68. The molecule has 0 aliphatic heterocycles. The predicted octanol–water partition coefficient (Wildman–Crippen LogP) is 0.852. The van der Waals surface area contributed by atoms with Gasteiger partial charge in [0.15, 0.2) is 9.84 Å². The van der Waals surface area contributed by atoms with E-state index in [0.29, 0.717) is 10.6 Å². The van der Waals surface area contributed by atoms with Gasteiger partial charge >= 0.3 is 5.69 Å². The van der Waals surface area contributed by atoms with E-state index in [1.54, 1.807) is 24.3 Å². The lowest BCUT2D eigenvalue weighted by atomic mass is 10.2. The summed E-state index contributed by atoms with van der Waals surface area (Å²) in [6, 6.07) is 7.65. The summed E-state index contributed by atoms with van der Waals surface area (Å²) in [7, 11) is -0.737. The second-order valence-corrected chi connectivity index (χ2v) is 7.53. The van der Waals surface area contributed by atoms with Crippen LogP contribution in [0.5, 0.6) is 0 Å². The van der Waals surface area contributed by atoms with E-state index in [0.717, 1.165) is 4.57 Å². The molecule has 6 nitrogen and oxygen atoms in total. The summed E-state index contributed by atoms with van der Waals surface area (Å²) in [6.07, 6.45) is 0. The van der Waals surface area contributed by atoms with Crippen LogP contribution in [0.25, 0.3) is 0 Å². The van der Waals surface area contributed by atoms with Gasteiger partial charge < -0.3 is 0 Å². The zero-order valence-corrected chi connectivity index (χ0v) is 13.7. The van der Waals surface area contributed by atoms with E-state index in [1.807, 2.05) is 0 Å². The van der Waals surface area contributed by atoms with Crippen molar-refractivity contribution in [3.05, 3.63) is 67.4 Å². The molecule has 0 aliphatic rings. The number of halogens is 1. The molecule has 0 radical (unpaired) electrons. The lowest BCUT2D eigenvalue weighted by Crippen LogP contribution is -2.38. The van der Waals surface area contributed by atoms with Crippen molar-refractivity contribution in [2.75, 3.05) is 0 Å². The van der Waals surface area contributed by atoms with E-state index in [-0.39, 0.29) is 17.2 Å². The Morgan fingerprint density at radius 2 is 1.59 bits per heavy atom. The Morgan fingerprint density at radius 1 is 1.00 bits per heavy atom. The van der Waals surface area contributed by atoms with Crippen molar-refractivity contribution in [1.29, 1.82) is 0 Å². The molecular formula is C14H15ClN2O4S. The summed E-state index contributed by atoms with van der Waals surface area (Å²) in [5.41, 5.74) is -0.315. The normalized spacial score (nSPS) is 11.6. The number of nitrogens with zero attached hydrogens (tertiary/aromatic N) is 2. The summed E-state index contributed by atoms with van der Waals surface area (Å²) in [6.45, 7) is 0. The molecule has 0 atom stereocenters. The highest BCUT2D eigenvalue weighted by molar-refractivity contribution is 7.89. The van der Waals surface area contributed by atoms with E-state index in [9.17, 15) is 18.0 Å². The summed E-state index contributed by atoms with van der Waals surface area (Å²) in [5.74, 6) is -0.564. The summed E-state index contributed by atoms with van der Waals surface area (Å²) < 4.78 is 26.6. The third kappa shape index (κ3) is 3.66. The fraction of sp³-hybridized carbons (Fsp3) is 0.286. The highest BCUT2D eigenvalue weighted by Crippen LogP contribution is 2.14. The van der Waals surface area contributed by atoms with Gasteiger partial charge in [-0.15, -0.1) is 0 Å². The molecule has 1 heterocycles. The van der Waals surface area contributed by atoms with Crippen molar-refractivity contribution < 1.29 is 8.42 Å². The van der Waals surface area contributed by atoms with Gasteiger partial charge in [0.25, 0.3) is 5.56 Å². The smallest absolute Gasteiger partial charge is 0.300 e. The van der Waals surface area contributed by atoms with E-state index in [1.165, 1.54) is 24.7 Å². The van der Waals surface area contributed by atoms with Crippen LogP contribution in [-0.4, -0.2) is 17.6 Å². The zero-order chi connectivity index (χ0) is 16.5. The van der Waals surface area contributed by atoms with Crippen molar-refractivity contribution in [2.24, 2.45) is 14.1 Å². The lowest BCUT2D eigenvalue weighted by molar-refractivity contribution is 0.589. The molecule has 0 spiro atoms. The van der Waals surface area contributed by atoms with Gasteiger partial charge in [-0.1, -0.05) is 23.7 Å². The maximum atomic E-state index is 12.3. The molecule has 0 amide bonds. The van der Waals surface area contributed by atoms with E-state index < -0.39 is 21.1 Å². The zero-order valence-electron chi connectivity index (χ0n) is 12.1. The minimum Gasteiger partial charge on any atom is -0.300 e. The Balaban J connectivity index is 2.32. The summed E-state index contributed by atoms with van der Waals surface area (Å²) in [5, 5.41) is 0.523. The molecule has 22 heavy (non-hydrogen) atoms. The van der Waals surface area contributed by atoms with Gasteiger partial charge in [0.05, 0.1) is 11.5 Å². The van der Waals surface area contributed by atoms with Crippen LogP contribution >= 0.6 is 11.6 Å². The number of hydrogen-bond donors (Lipinski definition) is 0. The van der Waals surface area contributed by atoms with E-state index in [4.69, 9.17) is 11.6 Å². The van der Waals surface area contributed by atoms with Crippen LogP contribution < -0.4 is 11.2 Å². The van der Waals surface area contributed by atoms with Crippen LogP contribution in [0.4, 0.5) is 0 Å². The van der Waals surface area contributed by atoms with Crippen molar-refractivity contribution >= 4 is 21.4 Å². The van der Waals surface area contributed by atoms with Gasteiger partial charge in [-0.2, -0.15) is 0 Å². The average molecular weight is 343 g/mol. The molecule has 1 aromatic heterocycles. The van der Waals surface area contributed by atoms with E-state index in [2.05, 4.69) is 0 Å². The molecule has 0 fully saturated rings. The molecule has 2 rings (SSSR count). The van der Waals surface area contributed by atoms with Crippen molar-refractivity contribution in [3.8, 4) is 0 Å². The van der Waals surface area contributed by atoms with Gasteiger partial charge in [0, 0.05) is 30.9 Å². The third-order valence-corrected chi connectivity index (χ3v) is 5.05. The average Bonchev–Trinajstić information content (AvgIpc) is 2.44. The van der Waals surface area contributed by atoms with Crippen LogP contribution in [0.15, 0.2) is 39.9 Å². The molecule has 0 saturated carbocycles. The summed E-state index contributed by atoms with van der Waals surface area (Å²) >= 11 is 5.76. The van der Waals surface area contributed by atoms with Crippen LogP contribution in [0.2, 0.25) is 5.02 Å². The first-order valence-corrected chi connectivity index (χ1v) is 8.60. The summed E-state index contributed by atoms with van der Waals surface area (Å²) in [4.78, 5) is 23.4. The minimum atomic E-state index is -3.52. The van der Waals surface area contributed by atoms with Gasteiger partial charge in [-0.3, -0.25) is 13.9 Å². The number of aromatic nitrogens is 2. The van der Waals surface area contributed by atoms with Gasteiger partial charge in [-0.25, -0.2) is 13.2 Å².